The molecule has 1 saturated heterocycles. The largest absolute Gasteiger partial charge is 0.487 e. The summed E-state index contributed by atoms with van der Waals surface area (Å²) in [4.78, 5) is 11.6. The molecule has 1 aromatic rings. The molecule has 0 saturated carbocycles. The smallest absolute Gasteiger partial charge is 0.225 e. The lowest BCUT2D eigenvalue weighted by Crippen LogP contribution is -2.51. The van der Waals surface area contributed by atoms with Crippen molar-refractivity contribution in [2.45, 2.75) is 13.0 Å². The maximum atomic E-state index is 11.6. The van der Waals surface area contributed by atoms with Crippen LogP contribution in [-0.2, 0) is 4.79 Å². The molecule has 1 aliphatic rings. The van der Waals surface area contributed by atoms with Crippen molar-refractivity contribution < 1.29 is 9.53 Å². The van der Waals surface area contributed by atoms with Crippen LogP contribution in [0.25, 0.3) is 0 Å². The Kier molecular flexibility index (Phi) is 6.42. The van der Waals surface area contributed by atoms with Gasteiger partial charge in [-0.25, -0.2) is 0 Å². The van der Waals surface area contributed by atoms with E-state index in [0.29, 0.717) is 17.3 Å². The zero-order chi connectivity index (χ0) is 13.0. The molecule has 0 aromatic heterocycles. The highest BCUT2D eigenvalue weighted by atomic mass is 35.5. The summed E-state index contributed by atoms with van der Waals surface area (Å²) in [6.45, 7) is 3.93. The van der Waals surface area contributed by atoms with Crippen LogP contribution in [0.4, 0.5) is 0 Å². The highest BCUT2D eigenvalue weighted by molar-refractivity contribution is 6.32. The monoisotopic (exact) mass is 304 g/mol. The van der Waals surface area contributed by atoms with Crippen molar-refractivity contribution >= 4 is 29.9 Å². The van der Waals surface area contributed by atoms with Gasteiger partial charge in [0.2, 0.25) is 5.91 Å². The van der Waals surface area contributed by atoms with Crippen molar-refractivity contribution in [3.8, 4) is 5.75 Å². The molecule has 0 aliphatic carbocycles. The first-order valence-electron chi connectivity index (χ1n) is 6.06. The molecule has 4 nitrogen and oxygen atoms in total. The van der Waals surface area contributed by atoms with Crippen molar-refractivity contribution in [2.75, 3.05) is 19.6 Å². The molecule has 0 spiro atoms. The lowest BCUT2D eigenvalue weighted by Gasteiger charge is -2.26. The number of ether oxygens (including phenoxy) is 1. The molecule has 1 fully saturated rings. The Morgan fingerprint density at radius 2 is 2.21 bits per heavy atom. The van der Waals surface area contributed by atoms with Crippen molar-refractivity contribution in [3.05, 3.63) is 29.3 Å². The molecule has 1 amide bonds. The Morgan fingerprint density at radius 1 is 1.53 bits per heavy atom. The van der Waals surface area contributed by atoms with Gasteiger partial charge in [0.05, 0.1) is 17.5 Å². The minimum atomic E-state index is -0.109. The molecule has 1 unspecified atom stereocenters. The van der Waals surface area contributed by atoms with Gasteiger partial charge >= 0.3 is 0 Å². The molecule has 0 bridgehead atoms. The summed E-state index contributed by atoms with van der Waals surface area (Å²) >= 11 is 5.99. The molecule has 1 heterocycles. The number of halogens is 2. The summed E-state index contributed by atoms with van der Waals surface area (Å²) in [5.74, 6) is 0.840. The summed E-state index contributed by atoms with van der Waals surface area (Å²) in [6.07, 6.45) is -0.109. The van der Waals surface area contributed by atoms with Crippen LogP contribution in [0.2, 0.25) is 5.02 Å². The number of nitrogens with one attached hydrogen (secondary N) is 2. The molecule has 1 aromatic carbocycles. The first kappa shape index (κ1) is 16.1. The number of hydrogen-bond donors (Lipinski definition) is 2. The second kappa shape index (κ2) is 7.58. The van der Waals surface area contributed by atoms with Crippen LogP contribution >= 0.6 is 24.0 Å². The quantitative estimate of drug-likeness (QED) is 0.873. The minimum absolute atomic E-state index is 0. The van der Waals surface area contributed by atoms with Gasteiger partial charge in [0.1, 0.15) is 11.9 Å². The van der Waals surface area contributed by atoms with Crippen LogP contribution < -0.4 is 15.4 Å². The van der Waals surface area contributed by atoms with Gasteiger partial charge in [0.15, 0.2) is 0 Å². The zero-order valence-electron chi connectivity index (χ0n) is 10.7. The number of rotatable bonds is 5. The fraction of sp³-hybridized carbons (Fsp3) is 0.462. The van der Waals surface area contributed by atoms with Crippen molar-refractivity contribution in [1.29, 1.82) is 0 Å². The second-order valence-corrected chi connectivity index (χ2v) is 4.87. The van der Waals surface area contributed by atoms with Gasteiger partial charge in [-0.3, -0.25) is 4.79 Å². The molecular weight excluding hydrogens is 287 g/mol. The van der Waals surface area contributed by atoms with Gasteiger partial charge < -0.3 is 15.4 Å². The molecule has 2 N–H and O–H groups in total. The van der Waals surface area contributed by atoms with E-state index in [9.17, 15) is 4.79 Å². The van der Waals surface area contributed by atoms with Gasteiger partial charge in [-0.2, -0.15) is 0 Å². The molecular formula is C13H18Cl2N2O2. The van der Waals surface area contributed by atoms with E-state index in [0.717, 1.165) is 13.1 Å². The lowest BCUT2D eigenvalue weighted by molar-refractivity contribution is -0.126. The maximum absolute atomic E-state index is 11.6. The highest BCUT2D eigenvalue weighted by Gasteiger charge is 2.24. The van der Waals surface area contributed by atoms with Crippen LogP contribution in [0, 0.1) is 5.92 Å². The Balaban J connectivity index is 0.00000180. The first-order chi connectivity index (χ1) is 8.66. The van der Waals surface area contributed by atoms with Crippen LogP contribution in [0.15, 0.2) is 24.3 Å². The maximum Gasteiger partial charge on any atom is 0.225 e. The molecule has 106 valence electrons. The van der Waals surface area contributed by atoms with E-state index >= 15 is 0 Å². The predicted molar refractivity (Wildman–Crippen MR) is 78.2 cm³/mol. The zero-order valence-corrected chi connectivity index (χ0v) is 12.3. The van der Waals surface area contributed by atoms with E-state index in [1.807, 2.05) is 25.1 Å². The average molecular weight is 305 g/mol. The molecule has 0 radical (unpaired) electrons. The van der Waals surface area contributed by atoms with Crippen LogP contribution in [0.1, 0.15) is 6.92 Å². The van der Waals surface area contributed by atoms with E-state index < -0.39 is 0 Å². The molecule has 1 atom stereocenters. The summed E-state index contributed by atoms with van der Waals surface area (Å²) in [6, 6.07) is 7.32. The second-order valence-electron chi connectivity index (χ2n) is 4.46. The van der Waals surface area contributed by atoms with Gasteiger partial charge in [-0.15, -0.1) is 12.4 Å². The Bertz CT molecular complexity index is 425. The summed E-state index contributed by atoms with van der Waals surface area (Å²) < 4.78 is 5.66. The lowest BCUT2D eigenvalue weighted by atomic mass is 10.0. The topological polar surface area (TPSA) is 50.4 Å². The summed E-state index contributed by atoms with van der Waals surface area (Å²) in [5, 5.41) is 6.53. The van der Waals surface area contributed by atoms with E-state index in [1.54, 1.807) is 6.07 Å². The van der Waals surface area contributed by atoms with Crippen LogP contribution in [0.3, 0.4) is 0 Å². The SMILES string of the molecule is CC(CNC(=O)C1CNC1)Oc1ccccc1Cl.Cl. The van der Waals surface area contributed by atoms with Crippen LogP contribution in [0.5, 0.6) is 5.75 Å². The third-order valence-electron chi connectivity index (χ3n) is 2.88. The Labute approximate surface area is 124 Å². The van der Waals surface area contributed by atoms with E-state index in [1.165, 1.54) is 0 Å². The van der Waals surface area contributed by atoms with Gasteiger partial charge in [0.25, 0.3) is 0 Å². The van der Waals surface area contributed by atoms with Gasteiger partial charge in [0, 0.05) is 13.1 Å². The minimum Gasteiger partial charge on any atom is -0.487 e. The first-order valence-corrected chi connectivity index (χ1v) is 6.44. The molecule has 19 heavy (non-hydrogen) atoms. The van der Waals surface area contributed by atoms with E-state index in [2.05, 4.69) is 10.6 Å². The Hall–Kier alpha value is -0.970. The Morgan fingerprint density at radius 3 is 2.79 bits per heavy atom. The third kappa shape index (κ3) is 4.56. The van der Waals surface area contributed by atoms with Gasteiger partial charge in [-0.1, -0.05) is 23.7 Å². The summed E-state index contributed by atoms with van der Waals surface area (Å²) in [7, 11) is 0. The van der Waals surface area contributed by atoms with Crippen LogP contribution in [-0.4, -0.2) is 31.6 Å². The number of para-hydroxylation sites is 1. The van der Waals surface area contributed by atoms with Crippen molar-refractivity contribution in [3.63, 3.8) is 0 Å². The number of carbonyl (C=O) groups is 1. The number of amides is 1. The molecule has 2 rings (SSSR count). The summed E-state index contributed by atoms with van der Waals surface area (Å²) in [5.41, 5.74) is 0. The van der Waals surface area contributed by atoms with Crippen molar-refractivity contribution in [2.24, 2.45) is 5.92 Å². The van der Waals surface area contributed by atoms with Crippen molar-refractivity contribution in [1.82, 2.24) is 10.6 Å². The number of carbonyl (C=O) groups excluding carboxylic acids is 1. The molecule has 6 heteroatoms. The normalized spacial score (nSPS) is 15.9. The fourth-order valence-corrected chi connectivity index (χ4v) is 1.84. The fourth-order valence-electron chi connectivity index (χ4n) is 1.66. The van der Waals surface area contributed by atoms with E-state index in [-0.39, 0.29) is 30.3 Å². The standard InChI is InChI=1S/C13H17ClN2O2.ClH/c1-9(6-16-13(17)10-7-15-8-10)18-12-5-3-2-4-11(12)14;/h2-5,9-10,15H,6-8H2,1H3,(H,16,17);1H. The molecule has 1 aliphatic heterocycles. The highest BCUT2D eigenvalue weighted by Crippen LogP contribution is 2.23. The van der Waals surface area contributed by atoms with Gasteiger partial charge in [-0.05, 0) is 19.1 Å². The number of benzene rings is 1. The predicted octanol–water partition coefficient (Wildman–Crippen LogP) is 1.86. The number of hydrogen-bond acceptors (Lipinski definition) is 3. The third-order valence-corrected chi connectivity index (χ3v) is 3.19. The average Bonchev–Trinajstić information content (AvgIpc) is 2.27. The van der Waals surface area contributed by atoms with E-state index in [4.69, 9.17) is 16.3 Å².